The summed E-state index contributed by atoms with van der Waals surface area (Å²) in [6, 6.07) is 17.1. The van der Waals surface area contributed by atoms with Crippen LogP contribution < -0.4 is 15.4 Å². The van der Waals surface area contributed by atoms with Crippen molar-refractivity contribution >= 4 is 17.4 Å². The molecule has 0 fully saturated rings. The van der Waals surface area contributed by atoms with Gasteiger partial charge in [-0.05, 0) is 30.3 Å². The van der Waals surface area contributed by atoms with Crippen LogP contribution in [0.25, 0.3) is 0 Å². The number of fused-ring (bicyclic) bond motifs is 1. The van der Waals surface area contributed by atoms with Crippen LogP contribution in [0.2, 0.25) is 0 Å². The van der Waals surface area contributed by atoms with E-state index in [0.29, 0.717) is 24.5 Å². The quantitative estimate of drug-likeness (QED) is 0.736. The normalized spacial score (nSPS) is 15.4. The zero-order chi connectivity index (χ0) is 18.6. The van der Waals surface area contributed by atoms with Crippen molar-refractivity contribution in [1.29, 1.82) is 0 Å². The summed E-state index contributed by atoms with van der Waals surface area (Å²) in [6.07, 6.45) is 0.675. The Balaban J connectivity index is 1.46. The highest BCUT2D eigenvalue weighted by molar-refractivity contribution is 6.02. The van der Waals surface area contributed by atoms with E-state index in [1.54, 1.807) is 30.3 Å². The van der Waals surface area contributed by atoms with Gasteiger partial charge >= 0.3 is 0 Å². The summed E-state index contributed by atoms with van der Waals surface area (Å²) < 4.78 is 19.3. The average Bonchev–Trinajstić information content (AvgIpc) is 2.70. The number of rotatable bonds is 4. The van der Waals surface area contributed by atoms with Crippen molar-refractivity contribution in [3.05, 3.63) is 77.7 Å². The second-order valence-corrected chi connectivity index (χ2v) is 6.12. The largest absolute Gasteiger partial charge is 0.490 e. The van der Waals surface area contributed by atoms with E-state index in [1.807, 2.05) is 24.3 Å². The van der Waals surface area contributed by atoms with Gasteiger partial charge in [-0.25, -0.2) is 4.39 Å². The van der Waals surface area contributed by atoms with Crippen molar-refractivity contribution in [3.8, 4) is 5.75 Å². The lowest BCUT2D eigenvalue weighted by atomic mass is 10.0. The van der Waals surface area contributed by atoms with E-state index in [1.165, 1.54) is 6.07 Å². The van der Waals surface area contributed by atoms with Gasteiger partial charge in [-0.2, -0.15) is 0 Å². The van der Waals surface area contributed by atoms with Gasteiger partial charge in [0.2, 0.25) is 0 Å². The molecule has 0 aliphatic carbocycles. The van der Waals surface area contributed by atoms with E-state index in [4.69, 9.17) is 4.74 Å². The molecule has 6 nitrogen and oxygen atoms in total. The number of anilines is 2. The number of amides is 1. The molecule has 2 N–H and O–H groups in total. The van der Waals surface area contributed by atoms with Gasteiger partial charge in [-0.1, -0.05) is 30.3 Å². The lowest BCUT2D eigenvalue weighted by Crippen LogP contribution is -2.22. The Labute approximate surface area is 155 Å². The molecule has 1 aromatic heterocycles. The van der Waals surface area contributed by atoms with Gasteiger partial charge in [-0.3, -0.25) is 4.79 Å². The van der Waals surface area contributed by atoms with Gasteiger partial charge in [-0.15, -0.1) is 10.2 Å². The van der Waals surface area contributed by atoms with Crippen LogP contribution in [0.15, 0.2) is 60.7 Å². The minimum absolute atomic E-state index is 0.136. The van der Waals surface area contributed by atoms with E-state index in [9.17, 15) is 9.18 Å². The van der Waals surface area contributed by atoms with Crippen LogP contribution in [0.1, 0.15) is 28.5 Å². The van der Waals surface area contributed by atoms with Gasteiger partial charge in [0.1, 0.15) is 5.82 Å². The van der Waals surface area contributed by atoms with Crippen LogP contribution in [0.3, 0.4) is 0 Å². The maximum Gasteiger partial charge on any atom is 0.276 e. The van der Waals surface area contributed by atoms with Crippen LogP contribution in [-0.4, -0.2) is 22.7 Å². The Morgan fingerprint density at radius 1 is 1.04 bits per heavy atom. The molecule has 27 heavy (non-hydrogen) atoms. The second-order valence-electron chi connectivity index (χ2n) is 6.12. The van der Waals surface area contributed by atoms with E-state index in [-0.39, 0.29) is 29.2 Å². The van der Waals surface area contributed by atoms with Crippen molar-refractivity contribution in [3.63, 3.8) is 0 Å². The molecular weight excluding hydrogens is 347 g/mol. The smallest absolute Gasteiger partial charge is 0.276 e. The third-order valence-electron chi connectivity index (χ3n) is 4.28. The Hall–Kier alpha value is -3.48. The summed E-state index contributed by atoms with van der Waals surface area (Å²) in [5.74, 6) is 0.0678. The molecule has 7 heteroatoms. The number of ether oxygens (including phenoxy) is 1. The summed E-state index contributed by atoms with van der Waals surface area (Å²) in [5.41, 5.74) is 1.64. The Morgan fingerprint density at radius 3 is 2.67 bits per heavy atom. The third kappa shape index (κ3) is 3.72. The number of hydrogen-bond donors (Lipinski definition) is 2. The number of carbonyl (C=O) groups excluding carboxylic acids is 1. The number of nitrogens with zero attached hydrogens (tertiary/aromatic N) is 2. The zero-order valence-corrected chi connectivity index (χ0v) is 14.4. The van der Waals surface area contributed by atoms with E-state index >= 15 is 0 Å². The van der Waals surface area contributed by atoms with Crippen molar-refractivity contribution < 1.29 is 13.9 Å². The predicted octanol–water partition coefficient (Wildman–Crippen LogP) is 3.80. The molecule has 4 rings (SSSR count). The van der Waals surface area contributed by atoms with E-state index in [0.717, 1.165) is 5.56 Å². The molecule has 3 aromatic rings. The van der Waals surface area contributed by atoms with Gasteiger partial charge in [0.15, 0.2) is 17.3 Å². The van der Waals surface area contributed by atoms with Crippen LogP contribution in [0.5, 0.6) is 5.75 Å². The lowest BCUT2D eigenvalue weighted by molar-refractivity contribution is 0.102. The maximum absolute atomic E-state index is 13.9. The fourth-order valence-electron chi connectivity index (χ4n) is 2.96. The standard InChI is InChI=1S/C20H17FN4O2/c21-15-8-4-7-14-16(11-12-27-19(14)15)23-18-10-9-17(24-25-18)20(26)22-13-5-2-1-3-6-13/h1-10,16H,11-12H2,(H,22,26)(H,23,25)/t16-/m0/s1. The van der Waals surface area contributed by atoms with Crippen LogP contribution in [-0.2, 0) is 0 Å². The first kappa shape index (κ1) is 17.0. The molecule has 0 saturated heterocycles. The number of benzene rings is 2. The summed E-state index contributed by atoms with van der Waals surface area (Å²) in [4.78, 5) is 12.2. The molecule has 0 spiro atoms. The first-order valence-electron chi connectivity index (χ1n) is 8.58. The molecule has 0 unspecified atom stereocenters. The van der Waals surface area contributed by atoms with Crippen LogP contribution in [0, 0.1) is 5.82 Å². The predicted molar refractivity (Wildman–Crippen MR) is 99.3 cm³/mol. The summed E-state index contributed by atoms with van der Waals surface area (Å²) in [6.45, 7) is 0.413. The Morgan fingerprint density at radius 2 is 1.89 bits per heavy atom. The summed E-state index contributed by atoms with van der Waals surface area (Å²) >= 11 is 0. The topological polar surface area (TPSA) is 76.1 Å². The minimum Gasteiger partial charge on any atom is -0.490 e. The lowest BCUT2D eigenvalue weighted by Gasteiger charge is -2.27. The zero-order valence-electron chi connectivity index (χ0n) is 14.4. The van der Waals surface area contributed by atoms with Gasteiger partial charge in [0, 0.05) is 17.7 Å². The number of carbonyl (C=O) groups is 1. The molecule has 0 radical (unpaired) electrons. The van der Waals surface area contributed by atoms with Gasteiger partial charge < -0.3 is 15.4 Å². The number of nitrogens with one attached hydrogen (secondary N) is 2. The summed E-state index contributed by atoms with van der Waals surface area (Å²) in [7, 11) is 0. The second kappa shape index (κ2) is 7.41. The molecule has 1 aliphatic rings. The fraction of sp³-hybridized carbons (Fsp3) is 0.150. The van der Waals surface area contributed by atoms with Crippen LogP contribution in [0.4, 0.5) is 15.9 Å². The maximum atomic E-state index is 13.9. The number of aromatic nitrogens is 2. The first-order chi connectivity index (χ1) is 13.2. The fourth-order valence-corrected chi connectivity index (χ4v) is 2.96. The molecule has 2 aromatic carbocycles. The molecule has 1 atom stereocenters. The van der Waals surface area contributed by atoms with E-state index < -0.39 is 0 Å². The third-order valence-corrected chi connectivity index (χ3v) is 4.28. The summed E-state index contributed by atoms with van der Waals surface area (Å²) in [5, 5.41) is 14.0. The monoisotopic (exact) mass is 364 g/mol. The average molecular weight is 364 g/mol. The minimum atomic E-state index is -0.377. The SMILES string of the molecule is O=C(Nc1ccccc1)c1ccc(N[C@H]2CCOc3c(F)cccc32)nn1. The van der Waals surface area contributed by atoms with E-state index in [2.05, 4.69) is 20.8 Å². The molecule has 1 amide bonds. The van der Waals surface area contributed by atoms with Crippen molar-refractivity contribution in [2.45, 2.75) is 12.5 Å². The number of hydrogen-bond acceptors (Lipinski definition) is 5. The number of halogens is 1. The Bertz CT molecular complexity index is 948. The number of para-hydroxylation sites is 2. The highest BCUT2D eigenvalue weighted by atomic mass is 19.1. The molecule has 1 aliphatic heterocycles. The van der Waals surface area contributed by atoms with Gasteiger partial charge in [0.25, 0.3) is 5.91 Å². The first-order valence-corrected chi connectivity index (χ1v) is 8.58. The molecule has 2 heterocycles. The van der Waals surface area contributed by atoms with Crippen LogP contribution >= 0.6 is 0 Å². The van der Waals surface area contributed by atoms with Crippen molar-refractivity contribution in [2.75, 3.05) is 17.2 Å². The molecule has 0 saturated carbocycles. The highest BCUT2D eigenvalue weighted by Crippen LogP contribution is 2.35. The molecule has 136 valence electrons. The van der Waals surface area contributed by atoms with Crippen molar-refractivity contribution in [2.24, 2.45) is 0 Å². The highest BCUT2D eigenvalue weighted by Gasteiger charge is 2.24. The van der Waals surface area contributed by atoms with Crippen molar-refractivity contribution in [1.82, 2.24) is 10.2 Å². The Kier molecular flexibility index (Phi) is 4.65. The molecular formula is C20H17FN4O2. The van der Waals surface area contributed by atoms with Gasteiger partial charge in [0.05, 0.1) is 12.6 Å². The molecule has 0 bridgehead atoms.